The zero-order chi connectivity index (χ0) is 29.8. The Bertz CT molecular complexity index is 1640. The molecule has 0 radical (unpaired) electrons. The molecular formula is C41H44Cl2Zr. The molecule has 0 saturated carbocycles. The summed E-state index contributed by atoms with van der Waals surface area (Å²) in [6, 6.07) is 33.6. The van der Waals surface area contributed by atoms with Gasteiger partial charge in [-0.25, -0.2) is 0 Å². The molecule has 0 aliphatic heterocycles. The summed E-state index contributed by atoms with van der Waals surface area (Å²) < 4.78 is 3.75. The Balaban J connectivity index is 0.00000221. The molecule has 0 nitrogen and oxygen atoms in total. The fourth-order valence-corrected chi connectivity index (χ4v) is 15.6. The minimum Gasteiger partial charge on any atom is -1.00 e. The molecular weight excluding hydrogens is 655 g/mol. The van der Waals surface area contributed by atoms with E-state index in [1.54, 1.807) is 17.6 Å². The predicted molar refractivity (Wildman–Crippen MR) is 179 cm³/mol. The van der Waals surface area contributed by atoms with Crippen LogP contribution in [0.15, 0.2) is 106 Å². The summed E-state index contributed by atoms with van der Waals surface area (Å²) in [6.45, 7) is 18.4. The van der Waals surface area contributed by atoms with Crippen LogP contribution in [0, 0.1) is 13.8 Å². The Kier molecular flexibility index (Phi) is 10.4. The van der Waals surface area contributed by atoms with Crippen LogP contribution in [0.4, 0.5) is 0 Å². The van der Waals surface area contributed by atoms with Gasteiger partial charge in [-0.3, -0.25) is 0 Å². The molecule has 0 spiro atoms. The zero-order valence-corrected chi connectivity index (χ0v) is 31.3. The van der Waals surface area contributed by atoms with Crippen LogP contribution < -0.4 is 24.8 Å². The van der Waals surface area contributed by atoms with Gasteiger partial charge in [0.25, 0.3) is 0 Å². The molecule has 0 fully saturated rings. The first kappa shape index (κ1) is 34.6. The van der Waals surface area contributed by atoms with Crippen molar-refractivity contribution >= 4 is 3.21 Å². The first-order valence-corrected chi connectivity index (χ1v) is 19.3. The zero-order valence-electron chi connectivity index (χ0n) is 27.4. The summed E-state index contributed by atoms with van der Waals surface area (Å²) in [5, 5.41) is 0. The number of allylic oxidation sites excluding steroid dienone is 4. The Morgan fingerprint density at radius 2 is 1.05 bits per heavy atom. The van der Waals surface area contributed by atoms with Gasteiger partial charge in [-0.05, 0) is 0 Å². The molecule has 4 aromatic rings. The first-order valence-electron chi connectivity index (χ1n) is 15.5. The van der Waals surface area contributed by atoms with E-state index >= 15 is 0 Å². The molecule has 0 amide bonds. The van der Waals surface area contributed by atoms with Crippen LogP contribution in [0.1, 0.15) is 96.1 Å². The molecule has 4 aromatic carbocycles. The quantitative estimate of drug-likeness (QED) is 0.290. The summed E-state index contributed by atoms with van der Waals surface area (Å²) in [4.78, 5) is 0. The van der Waals surface area contributed by atoms with Gasteiger partial charge in [-0.1, -0.05) is 0 Å². The number of hydrogen-bond acceptors (Lipinski definition) is 0. The maximum atomic E-state index is 2.53. The Hall–Kier alpha value is -2.31. The maximum absolute atomic E-state index is 2.66. The van der Waals surface area contributed by atoms with E-state index in [0.29, 0.717) is 3.63 Å². The van der Waals surface area contributed by atoms with Gasteiger partial charge in [0.2, 0.25) is 0 Å². The second-order valence-electron chi connectivity index (χ2n) is 14.4. The number of fused-ring (bicyclic) bond motifs is 3. The van der Waals surface area contributed by atoms with Crippen LogP contribution >= 0.6 is 0 Å². The van der Waals surface area contributed by atoms with E-state index < -0.39 is 21.3 Å². The predicted octanol–water partition coefficient (Wildman–Crippen LogP) is 4.71. The van der Waals surface area contributed by atoms with Crippen LogP contribution in [-0.2, 0) is 32.1 Å². The number of rotatable bonds is 4. The molecule has 226 valence electrons. The van der Waals surface area contributed by atoms with E-state index in [-0.39, 0.29) is 35.6 Å². The molecule has 0 heterocycles. The summed E-state index contributed by atoms with van der Waals surface area (Å²) in [6.07, 6.45) is 8.24. The number of hydrogen-bond donors (Lipinski definition) is 0. The van der Waals surface area contributed by atoms with Gasteiger partial charge in [0.1, 0.15) is 0 Å². The van der Waals surface area contributed by atoms with E-state index in [2.05, 4.69) is 159 Å². The van der Waals surface area contributed by atoms with E-state index in [1.807, 2.05) is 0 Å². The topological polar surface area (TPSA) is 0 Å². The molecule has 2 aliphatic carbocycles. The van der Waals surface area contributed by atoms with Crippen molar-refractivity contribution in [1.29, 1.82) is 0 Å². The molecule has 2 aliphatic rings. The van der Waals surface area contributed by atoms with Crippen molar-refractivity contribution in [3.63, 3.8) is 0 Å². The summed E-state index contributed by atoms with van der Waals surface area (Å²) >= 11 is -2.66. The van der Waals surface area contributed by atoms with Crippen molar-refractivity contribution in [2.24, 2.45) is 0 Å². The average molecular weight is 699 g/mol. The fourth-order valence-electron chi connectivity index (χ4n) is 6.55. The van der Waals surface area contributed by atoms with E-state index in [4.69, 9.17) is 0 Å². The van der Waals surface area contributed by atoms with Crippen LogP contribution in [0.2, 0.25) is 0 Å². The second kappa shape index (κ2) is 13.2. The SMILES string of the molecule is Cc1ccc([C](c2ccc(C)cc2)=[Zr+2]([C]2=CC=CC2)[CH]2c3ccc(C(C)(C)C)cc3-c3cc(C(C)(C)C)ccc32)cc1.[Cl-].[Cl-]. The third-order valence-electron chi connectivity index (χ3n) is 9.11. The van der Waals surface area contributed by atoms with Crippen molar-refractivity contribution in [3.05, 3.63) is 151 Å². The average Bonchev–Trinajstić information content (AvgIpc) is 3.58. The van der Waals surface area contributed by atoms with Gasteiger partial charge < -0.3 is 24.8 Å². The maximum Gasteiger partial charge on any atom is -1.00 e. The standard InChI is InChI=1S/C21H25.C15H14.C5H5.2ClH.Zr/c1-20(2,3)16-9-7-14-11-15-8-10-17(21(4,5)6)13-19(15)18(14)12-16;1-12-3-7-14(8-4-12)11-15-9-5-13(2)6-10-15;1-2-4-5-3-1;;;/h7-13H,1-6H3;3-10H,1-2H3;1-3H,4H2;2*1H;/q;;;;;+2/p-2. The third kappa shape index (κ3) is 6.63. The molecule has 3 heteroatoms. The monoisotopic (exact) mass is 696 g/mol. The molecule has 44 heavy (non-hydrogen) atoms. The van der Waals surface area contributed by atoms with Crippen LogP contribution in [-0.4, -0.2) is 3.21 Å². The smallest absolute Gasteiger partial charge is 1.00 e. The molecule has 0 unspecified atom stereocenters. The molecule has 0 aromatic heterocycles. The number of benzene rings is 4. The van der Waals surface area contributed by atoms with Gasteiger partial charge in [0.05, 0.1) is 0 Å². The largest absolute Gasteiger partial charge is 1.00 e. The van der Waals surface area contributed by atoms with Crippen molar-refractivity contribution in [3.8, 4) is 11.1 Å². The minimum absolute atomic E-state index is 0. The van der Waals surface area contributed by atoms with E-state index in [9.17, 15) is 0 Å². The molecule has 0 saturated heterocycles. The molecule has 6 rings (SSSR count). The van der Waals surface area contributed by atoms with Crippen LogP contribution in [0.25, 0.3) is 11.1 Å². The molecule has 0 N–H and O–H groups in total. The molecule has 0 atom stereocenters. The van der Waals surface area contributed by atoms with Crippen molar-refractivity contribution < 1.29 is 46.1 Å². The van der Waals surface area contributed by atoms with Crippen LogP contribution in [0.5, 0.6) is 0 Å². The normalized spacial score (nSPS) is 13.7. The fraction of sp³-hybridized carbons (Fsp3) is 0.293. The Labute approximate surface area is 285 Å². The Morgan fingerprint density at radius 3 is 1.41 bits per heavy atom. The van der Waals surface area contributed by atoms with E-state index in [1.165, 1.54) is 44.5 Å². The van der Waals surface area contributed by atoms with Crippen molar-refractivity contribution in [1.82, 2.24) is 0 Å². The van der Waals surface area contributed by atoms with E-state index in [0.717, 1.165) is 6.42 Å². The van der Waals surface area contributed by atoms with Crippen molar-refractivity contribution in [2.45, 2.75) is 76.3 Å². The summed E-state index contributed by atoms with van der Waals surface area (Å²) in [5.41, 5.74) is 14.5. The Morgan fingerprint density at radius 1 is 0.614 bits per heavy atom. The first-order chi connectivity index (χ1) is 19.9. The molecule has 0 bridgehead atoms. The van der Waals surface area contributed by atoms with Crippen molar-refractivity contribution in [2.75, 3.05) is 0 Å². The number of halogens is 2. The van der Waals surface area contributed by atoms with Gasteiger partial charge in [-0.15, -0.1) is 0 Å². The third-order valence-corrected chi connectivity index (χ3v) is 17.4. The minimum atomic E-state index is -2.66. The second-order valence-corrected chi connectivity index (χ2v) is 20.6. The van der Waals surface area contributed by atoms with Crippen LogP contribution in [0.3, 0.4) is 0 Å². The summed E-state index contributed by atoms with van der Waals surface area (Å²) in [5.74, 6) is 0. The summed E-state index contributed by atoms with van der Waals surface area (Å²) in [7, 11) is 0. The van der Waals surface area contributed by atoms with Gasteiger partial charge in [0.15, 0.2) is 0 Å². The van der Waals surface area contributed by atoms with Gasteiger partial charge in [0, 0.05) is 0 Å². The van der Waals surface area contributed by atoms with Gasteiger partial charge >= 0.3 is 263 Å². The number of aryl methyl sites for hydroxylation is 2. The van der Waals surface area contributed by atoms with Gasteiger partial charge in [-0.2, -0.15) is 0 Å².